The fraction of sp³-hybridized carbons (Fsp3) is 0.638. The second-order valence-corrected chi connectivity index (χ2v) is 23.4. The van der Waals surface area contributed by atoms with E-state index in [0.717, 1.165) is 0 Å². The zero-order valence-electron chi connectivity index (χ0n) is 51.2. The maximum Gasteiger partial charge on any atom is 0.326 e. The van der Waals surface area contributed by atoms with Crippen molar-refractivity contribution in [2.24, 2.45) is 35.1 Å². The highest BCUT2D eigenvalue weighted by molar-refractivity contribution is 6.00. The first-order chi connectivity index (χ1) is 41.5. The third-order valence-corrected chi connectivity index (χ3v) is 15.8. The summed E-state index contributed by atoms with van der Waals surface area (Å²) in [5.41, 5.74) is 12.0. The van der Waals surface area contributed by atoms with E-state index in [0.29, 0.717) is 36.9 Å². The van der Waals surface area contributed by atoms with Crippen molar-refractivity contribution in [3.63, 3.8) is 0 Å². The Hall–Kier alpha value is -8.25. The maximum absolute atomic E-state index is 14.6. The standard InChI is InChI=1S/C58H90N14O16/c1-9-31(7)46(55(84)68-45(30(5)6)54(83)66-40(21-29(3)4)57(86)72-20-12-14-43(72)53(82)70-47(58(87)88)32(8)10-2)69-50(79)37(22-33-15-17-35(75)18-16-33)63-51(80)41(27-74)67-49(78)39(24-44(60)76)64-48(77)38(23-34-25-61-28-62-34)65-52(81)42-13-11-19-71(42)56(85)36(59)26-73/h15-18,25,28-32,36-43,45-47,73-75H,9-14,19-24,26-27,59H2,1-8H3,(H2,60,76)(H,61,62)(H,63,80)(H,64,77)(H,65,81)(H,66,83)(H,67,78)(H,68,84)(H,69,79)(H,70,82)(H,87,88)/t31-,32-,36-,37-,38-,39-,40-,41-,42-,43-,45-,46-,47-/m0/s1. The summed E-state index contributed by atoms with van der Waals surface area (Å²) in [7, 11) is 0. The molecule has 0 aliphatic carbocycles. The molecule has 17 N–H and O–H groups in total. The number of primary amides is 1. The molecule has 2 saturated heterocycles. The molecule has 4 rings (SSSR count). The predicted octanol–water partition coefficient (Wildman–Crippen LogP) is -3.17. The number of likely N-dealkylation sites (tertiary alicyclic amines) is 2. The van der Waals surface area contributed by atoms with Gasteiger partial charge in [-0.1, -0.05) is 80.4 Å². The Labute approximate surface area is 511 Å². The van der Waals surface area contributed by atoms with Crippen LogP contribution >= 0.6 is 0 Å². The minimum Gasteiger partial charge on any atom is -0.508 e. The summed E-state index contributed by atoms with van der Waals surface area (Å²) >= 11 is 0. The van der Waals surface area contributed by atoms with Gasteiger partial charge in [0.15, 0.2) is 0 Å². The Morgan fingerprint density at radius 3 is 1.61 bits per heavy atom. The number of phenols is 1. The molecule has 0 saturated carbocycles. The number of benzene rings is 1. The number of hydrogen-bond acceptors (Lipinski definition) is 17. The fourth-order valence-electron chi connectivity index (χ4n) is 10.3. The third-order valence-electron chi connectivity index (χ3n) is 15.8. The number of imidazole rings is 1. The van der Waals surface area contributed by atoms with Gasteiger partial charge in [-0.2, -0.15) is 0 Å². The first-order valence-corrected chi connectivity index (χ1v) is 29.8. The molecule has 11 amide bonds. The molecule has 2 aromatic rings. The van der Waals surface area contributed by atoms with Crippen molar-refractivity contribution in [3.05, 3.63) is 48.0 Å². The number of aliphatic hydroxyl groups is 2. The van der Waals surface area contributed by atoms with Crippen LogP contribution in [0.15, 0.2) is 36.8 Å². The molecule has 2 aliphatic heterocycles. The van der Waals surface area contributed by atoms with Crippen LogP contribution in [0.1, 0.15) is 118 Å². The zero-order valence-corrected chi connectivity index (χ0v) is 51.2. The molecule has 30 nitrogen and oxygen atoms in total. The van der Waals surface area contributed by atoms with Crippen molar-refractivity contribution in [2.45, 2.75) is 186 Å². The van der Waals surface area contributed by atoms with E-state index in [4.69, 9.17) is 11.5 Å². The number of nitrogens with zero attached hydrogens (tertiary/aromatic N) is 3. The molecule has 488 valence electrons. The van der Waals surface area contributed by atoms with Crippen LogP contribution in [0.25, 0.3) is 0 Å². The predicted molar refractivity (Wildman–Crippen MR) is 316 cm³/mol. The number of nitrogens with one attached hydrogen (secondary N) is 9. The number of rotatable bonds is 34. The lowest BCUT2D eigenvalue weighted by molar-refractivity contribution is -0.146. The van der Waals surface area contributed by atoms with Gasteiger partial charge < -0.3 is 89.2 Å². The van der Waals surface area contributed by atoms with Crippen LogP contribution in [0.5, 0.6) is 5.75 Å². The lowest BCUT2D eigenvalue weighted by atomic mass is 9.95. The Morgan fingerprint density at radius 2 is 1.09 bits per heavy atom. The average Bonchev–Trinajstić information content (AvgIpc) is 4.25. The summed E-state index contributed by atoms with van der Waals surface area (Å²) in [6, 6.07) is -9.70. The number of aliphatic hydroxyl groups excluding tert-OH is 2. The van der Waals surface area contributed by atoms with Crippen molar-refractivity contribution in [1.29, 1.82) is 0 Å². The lowest BCUT2D eigenvalue weighted by Gasteiger charge is -2.33. The summed E-state index contributed by atoms with van der Waals surface area (Å²) in [4.78, 5) is 174. The molecular weight excluding hydrogens is 1150 g/mol. The van der Waals surface area contributed by atoms with Crippen molar-refractivity contribution >= 4 is 70.9 Å². The van der Waals surface area contributed by atoms with E-state index >= 15 is 0 Å². The Balaban J connectivity index is 1.55. The zero-order chi connectivity index (χ0) is 65.7. The first kappa shape index (κ1) is 72.2. The first-order valence-electron chi connectivity index (χ1n) is 29.8. The number of aromatic nitrogens is 2. The second-order valence-electron chi connectivity index (χ2n) is 23.4. The van der Waals surface area contributed by atoms with Crippen LogP contribution in [-0.4, -0.2) is 204 Å². The van der Waals surface area contributed by atoms with Crippen LogP contribution in [-0.2, 0) is 70.4 Å². The number of phenolic OH excluding ortho intramolecular Hbond substituents is 1. The van der Waals surface area contributed by atoms with Gasteiger partial charge in [0.1, 0.15) is 72.2 Å². The van der Waals surface area contributed by atoms with Gasteiger partial charge in [0, 0.05) is 37.8 Å². The summed E-state index contributed by atoms with van der Waals surface area (Å²) in [5.74, 6) is -12.8. The summed E-state index contributed by atoms with van der Waals surface area (Å²) in [6.45, 7) is 12.3. The van der Waals surface area contributed by atoms with Gasteiger partial charge in [-0.15, -0.1) is 0 Å². The number of carboxylic acid groups (broad SMARTS) is 1. The molecule has 2 aliphatic rings. The largest absolute Gasteiger partial charge is 0.508 e. The van der Waals surface area contributed by atoms with Crippen LogP contribution in [0.3, 0.4) is 0 Å². The molecule has 0 spiro atoms. The number of aliphatic carboxylic acids is 1. The van der Waals surface area contributed by atoms with Crippen LogP contribution in [0.4, 0.5) is 0 Å². The number of H-pyrrole nitrogens is 1. The fourth-order valence-corrected chi connectivity index (χ4v) is 10.3. The van der Waals surface area contributed by atoms with E-state index in [9.17, 15) is 78.0 Å². The van der Waals surface area contributed by atoms with Crippen LogP contribution < -0.4 is 54.0 Å². The van der Waals surface area contributed by atoms with Gasteiger partial charge in [0.05, 0.1) is 26.0 Å². The van der Waals surface area contributed by atoms with Gasteiger partial charge in [0.2, 0.25) is 65.0 Å². The Kier molecular flexibility index (Phi) is 28.2. The molecule has 1 aromatic carbocycles. The Bertz CT molecular complexity index is 2750. The van der Waals surface area contributed by atoms with Gasteiger partial charge in [-0.05, 0) is 73.5 Å². The molecule has 3 heterocycles. The topological polar surface area (TPSA) is 469 Å². The SMILES string of the molecule is CC[C@H](C)[C@H](NC(=O)[C@@H]1CCCN1C(=O)[C@H](CC(C)C)NC(=O)[C@@H](NC(=O)[C@@H](NC(=O)[C@H](Cc1ccc(O)cc1)NC(=O)[C@H](CO)NC(=O)[C@H](CC(N)=O)NC(=O)[C@H](Cc1cnc[nH]1)NC(=O)[C@@H]1CCCN1C(=O)[C@@H](N)CO)[C@@H](C)CC)C(C)C)C(=O)O. The molecule has 0 unspecified atom stereocenters. The quantitative estimate of drug-likeness (QED) is 0.0329. The van der Waals surface area contributed by atoms with E-state index in [1.165, 1.54) is 46.6 Å². The van der Waals surface area contributed by atoms with E-state index in [1.54, 1.807) is 41.5 Å². The number of carboxylic acids is 1. The van der Waals surface area contributed by atoms with Gasteiger partial charge >= 0.3 is 5.97 Å². The van der Waals surface area contributed by atoms with Gasteiger partial charge in [-0.25, -0.2) is 9.78 Å². The number of aromatic hydroxyl groups is 1. The number of amides is 11. The van der Waals surface area contributed by atoms with Crippen LogP contribution in [0, 0.1) is 23.7 Å². The Morgan fingerprint density at radius 1 is 0.602 bits per heavy atom. The molecular formula is C58H90N14O16. The van der Waals surface area contributed by atoms with E-state index in [2.05, 4.69) is 52.5 Å². The second kappa shape index (κ2) is 34.3. The summed E-state index contributed by atoms with van der Waals surface area (Å²) in [6.07, 6.45) is 3.44. The maximum atomic E-state index is 14.6. The normalized spacial score (nSPS) is 18.6. The summed E-state index contributed by atoms with van der Waals surface area (Å²) in [5, 5.41) is 60.4. The molecule has 1 aromatic heterocycles. The van der Waals surface area contributed by atoms with Crippen LogP contribution in [0.2, 0.25) is 0 Å². The van der Waals surface area contributed by atoms with E-state index in [1.807, 2.05) is 13.8 Å². The summed E-state index contributed by atoms with van der Waals surface area (Å²) < 4.78 is 0. The average molecular weight is 1240 g/mol. The molecule has 2 fully saturated rings. The highest BCUT2D eigenvalue weighted by Gasteiger charge is 2.43. The molecule has 30 heteroatoms. The molecule has 0 radical (unpaired) electrons. The van der Waals surface area contributed by atoms with Crippen molar-refractivity contribution in [3.8, 4) is 5.75 Å². The minimum atomic E-state index is -1.88. The van der Waals surface area contributed by atoms with Crippen molar-refractivity contribution < 1.29 is 78.0 Å². The van der Waals surface area contributed by atoms with E-state index in [-0.39, 0.29) is 56.9 Å². The highest BCUT2D eigenvalue weighted by Crippen LogP contribution is 2.23. The monoisotopic (exact) mass is 1240 g/mol. The van der Waals surface area contributed by atoms with E-state index < -0.39 is 175 Å². The third kappa shape index (κ3) is 20.7. The number of nitrogens with two attached hydrogens (primary N) is 2. The molecule has 88 heavy (non-hydrogen) atoms. The highest BCUT2D eigenvalue weighted by atomic mass is 16.4. The number of carbonyl (C=O) groups excluding carboxylic acids is 11. The number of hydrogen-bond donors (Lipinski definition) is 15. The molecule has 13 atom stereocenters. The molecule has 0 bridgehead atoms. The number of aromatic amines is 1. The van der Waals surface area contributed by atoms with Crippen molar-refractivity contribution in [1.82, 2.24) is 62.3 Å². The van der Waals surface area contributed by atoms with Gasteiger partial charge in [-0.3, -0.25) is 52.7 Å². The van der Waals surface area contributed by atoms with Crippen molar-refractivity contribution in [2.75, 3.05) is 26.3 Å². The van der Waals surface area contributed by atoms with Gasteiger partial charge in [0.25, 0.3) is 0 Å². The minimum absolute atomic E-state index is 0.131. The smallest absolute Gasteiger partial charge is 0.326 e. The number of carbonyl (C=O) groups is 12. The lowest BCUT2D eigenvalue weighted by Crippen LogP contribution is -2.62.